The Morgan fingerprint density at radius 2 is 1.75 bits per heavy atom. The fourth-order valence-corrected chi connectivity index (χ4v) is 5.92. The van der Waals surface area contributed by atoms with Gasteiger partial charge in [0, 0.05) is 32.6 Å². The zero-order valence-corrected chi connectivity index (χ0v) is 17.4. The van der Waals surface area contributed by atoms with Crippen molar-refractivity contribution in [1.29, 1.82) is 0 Å². The standard InChI is InChI=1S/C22H28N2O3S/c1-18(2)14-23-13-12-22(16-23)17-24(15-19-8-4-3-5-9-19)28(25,26)21-11-7-6-10-20(21)27-22/h3-11,18H,12-17H2,1-2H3/t22-/m1/s1. The van der Waals surface area contributed by atoms with Gasteiger partial charge in [-0.1, -0.05) is 56.3 Å². The molecule has 1 spiro atoms. The average Bonchev–Trinajstić information content (AvgIpc) is 3.00. The lowest BCUT2D eigenvalue weighted by Gasteiger charge is -2.32. The smallest absolute Gasteiger partial charge is 0.247 e. The zero-order valence-electron chi connectivity index (χ0n) is 16.5. The van der Waals surface area contributed by atoms with E-state index < -0.39 is 15.6 Å². The van der Waals surface area contributed by atoms with Crippen LogP contribution >= 0.6 is 0 Å². The number of ether oxygens (including phenoxy) is 1. The molecule has 1 atom stereocenters. The van der Waals surface area contributed by atoms with Crippen LogP contribution in [0.3, 0.4) is 0 Å². The third-order valence-corrected chi connectivity index (χ3v) is 7.31. The van der Waals surface area contributed by atoms with Crippen LogP contribution in [-0.2, 0) is 16.6 Å². The van der Waals surface area contributed by atoms with Gasteiger partial charge in [0.25, 0.3) is 0 Å². The first-order chi connectivity index (χ1) is 13.4. The van der Waals surface area contributed by atoms with Crippen molar-refractivity contribution in [2.24, 2.45) is 5.92 Å². The summed E-state index contributed by atoms with van der Waals surface area (Å²) in [7, 11) is -3.63. The summed E-state index contributed by atoms with van der Waals surface area (Å²) >= 11 is 0. The molecule has 28 heavy (non-hydrogen) atoms. The lowest BCUT2D eigenvalue weighted by Crippen LogP contribution is -2.49. The summed E-state index contributed by atoms with van der Waals surface area (Å²) in [5.74, 6) is 1.04. The molecule has 150 valence electrons. The molecule has 4 rings (SSSR count). The Morgan fingerprint density at radius 3 is 2.50 bits per heavy atom. The van der Waals surface area contributed by atoms with Gasteiger partial charge in [0.15, 0.2) is 0 Å². The van der Waals surface area contributed by atoms with Crippen molar-refractivity contribution >= 4 is 10.0 Å². The molecule has 1 fully saturated rings. The Hall–Kier alpha value is -1.89. The number of rotatable bonds is 4. The summed E-state index contributed by atoms with van der Waals surface area (Å²) in [5.41, 5.74) is 0.473. The fraction of sp³-hybridized carbons (Fsp3) is 0.455. The summed E-state index contributed by atoms with van der Waals surface area (Å²) in [5, 5.41) is 0. The van der Waals surface area contributed by atoms with E-state index in [1.54, 1.807) is 22.5 Å². The largest absolute Gasteiger partial charge is 0.483 e. The van der Waals surface area contributed by atoms with E-state index in [0.717, 1.165) is 31.6 Å². The maximum absolute atomic E-state index is 13.5. The van der Waals surface area contributed by atoms with Crippen LogP contribution in [0.25, 0.3) is 0 Å². The van der Waals surface area contributed by atoms with Gasteiger partial charge >= 0.3 is 0 Å². The van der Waals surface area contributed by atoms with Gasteiger partial charge in [-0.3, -0.25) is 4.90 Å². The normalized spacial score (nSPS) is 24.8. The molecule has 6 heteroatoms. The van der Waals surface area contributed by atoms with Gasteiger partial charge in [-0.15, -0.1) is 0 Å². The number of fused-ring (bicyclic) bond motifs is 1. The van der Waals surface area contributed by atoms with E-state index in [0.29, 0.717) is 24.8 Å². The van der Waals surface area contributed by atoms with Gasteiger partial charge < -0.3 is 4.74 Å². The van der Waals surface area contributed by atoms with E-state index in [1.165, 1.54) is 0 Å². The second-order valence-corrected chi connectivity index (χ2v) is 10.3. The fourth-order valence-electron chi connectivity index (χ4n) is 4.30. The van der Waals surface area contributed by atoms with E-state index in [9.17, 15) is 8.42 Å². The van der Waals surface area contributed by atoms with Crippen molar-refractivity contribution in [1.82, 2.24) is 9.21 Å². The van der Waals surface area contributed by atoms with Crippen molar-refractivity contribution in [2.75, 3.05) is 26.2 Å². The molecule has 2 aromatic carbocycles. The molecule has 0 bridgehead atoms. The van der Waals surface area contributed by atoms with Gasteiger partial charge in [-0.05, 0) is 23.6 Å². The van der Waals surface area contributed by atoms with Crippen LogP contribution in [0.15, 0.2) is 59.5 Å². The molecule has 0 N–H and O–H groups in total. The molecule has 0 amide bonds. The van der Waals surface area contributed by atoms with Crippen LogP contribution in [0, 0.1) is 5.92 Å². The molecular weight excluding hydrogens is 372 g/mol. The van der Waals surface area contributed by atoms with E-state index in [4.69, 9.17) is 4.74 Å². The van der Waals surface area contributed by atoms with E-state index >= 15 is 0 Å². The predicted octanol–water partition coefficient (Wildman–Crippen LogP) is 3.37. The molecular formula is C22H28N2O3S. The van der Waals surface area contributed by atoms with E-state index in [2.05, 4.69) is 18.7 Å². The SMILES string of the molecule is CC(C)CN1CC[C@@]2(C1)CN(Cc1ccccc1)S(=O)(=O)c1ccccc1O2. The number of para-hydroxylation sites is 1. The van der Waals surface area contributed by atoms with Crippen molar-refractivity contribution in [3.63, 3.8) is 0 Å². The summed E-state index contributed by atoms with van der Waals surface area (Å²) in [6, 6.07) is 16.8. The Morgan fingerprint density at radius 1 is 1.04 bits per heavy atom. The van der Waals surface area contributed by atoms with Gasteiger partial charge in [0.1, 0.15) is 16.2 Å². The third kappa shape index (κ3) is 3.81. The molecule has 1 saturated heterocycles. The van der Waals surface area contributed by atoms with Crippen molar-refractivity contribution in [2.45, 2.75) is 37.3 Å². The van der Waals surface area contributed by atoms with Crippen molar-refractivity contribution in [3.05, 3.63) is 60.2 Å². The molecule has 0 unspecified atom stereocenters. The minimum Gasteiger partial charge on any atom is -0.483 e. The van der Waals surface area contributed by atoms with Crippen LogP contribution in [0.1, 0.15) is 25.8 Å². The lowest BCUT2D eigenvalue weighted by molar-refractivity contribution is 0.0566. The predicted molar refractivity (Wildman–Crippen MR) is 110 cm³/mol. The number of hydrogen-bond acceptors (Lipinski definition) is 4. The van der Waals surface area contributed by atoms with Crippen LogP contribution in [0.5, 0.6) is 5.75 Å². The highest BCUT2D eigenvalue weighted by Gasteiger charge is 2.47. The number of hydrogen-bond donors (Lipinski definition) is 0. The number of likely N-dealkylation sites (tertiary alicyclic amines) is 1. The maximum Gasteiger partial charge on any atom is 0.247 e. The maximum atomic E-state index is 13.5. The molecule has 0 aromatic heterocycles. The van der Waals surface area contributed by atoms with Crippen molar-refractivity contribution in [3.8, 4) is 5.75 Å². The first-order valence-corrected chi connectivity index (χ1v) is 11.4. The molecule has 0 aliphatic carbocycles. The summed E-state index contributed by atoms with van der Waals surface area (Å²) < 4.78 is 35.0. The van der Waals surface area contributed by atoms with Crippen molar-refractivity contribution < 1.29 is 13.2 Å². The second-order valence-electron chi connectivity index (χ2n) is 8.37. The van der Waals surface area contributed by atoms with Crippen LogP contribution in [-0.4, -0.2) is 49.4 Å². The Kier molecular flexibility index (Phi) is 5.21. The highest BCUT2D eigenvalue weighted by atomic mass is 32.2. The molecule has 2 aliphatic heterocycles. The van der Waals surface area contributed by atoms with Gasteiger partial charge in [0.2, 0.25) is 10.0 Å². The summed E-state index contributed by atoms with van der Waals surface area (Å²) in [6.07, 6.45) is 0.828. The Balaban J connectivity index is 1.71. The monoisotopic (exact) mass is 400 g/mol. The molecule has 0 radical (unpaired) electrons. The van der Waals surface area contributed by atoms with Crippen LogP contribution in [0.4, 0.5) is 0 Å². The van der Waals surface area contributed by atoms with E-state index in [1.807, 2.05) is 36.4 Å². The Labute approximate surface area is 168 Å². The van der Waals surface area contributed by atoms with Gasteiger partial charge in [0.05, 0.1) is 6.54 Å². The number of sulfonamides is 1. The van der Waals surface area contributed by atoms with E-state index in [-0.39, 0.29) is 4.90 Å². The molecule has 5 nitrogen and oxygen atoms in total. The molecule has 2 heterocycles. The zero-order chi connectivity index (χ0) is 19.8. The lowest BCUT2D eigenvalue weighted by atomic mass is 10.0. The summed E-state index contributed by atoms with van der Waals surface area (Å²) in [4.78, 5) is 2.66. The second kappa shape index (κ2) is 7.50. The first kappa shape index (κ1) is 19.4. The highest BCUT2D eigenvalue weighted by molar-refractivity contribution is 7.89. The third-order valence-electron chi connectivity index (χ3n) is 5.48. The van der Waals surface area contributed by atoms with Crippen LogP contribution in [0.2, 0.25) is 0 Å². The first-order valence-electron chi connectivity index (χ1n) is 9.92. The highest BCUT2D eigenvalue weighted by Crippen LogP contribution is 2.39. The minimum atomic E-state index is -3.63. The van der Waals surface area contributed by atoms with Gasteiger partial charge in [-0.2, -0.15) is 4.31 Å². The minimum absolute atomic E-state index is 0.269. The van der Waals surface area contributed by atoms with Gasteiger partial charge in [-0.25, -0.2) is 8.42 Å². The quantitative estimate of drug-likeness (QED) is 0.790. The van der Waals surface area contributed by atoms with Crippen LogP contribution < -0.4 is 4.74 Å². The molecule has 2 aromatic rings. The molecule has 0 saturated carbocycles. The summed E-state index contributed by atoms with van der Waals surface area (Å²) in [6.45, 7) is 7.82. The number of nitrogens with zero attached hydrogens (tertiary/aromatic N) is 2. The average molecular weight is 401 g/mol. The topological polar surface area (TPSA) is 49.9 Å². The number of benzene rings is 2. The molecule has 2 aliphatic rings. The Bertz CT molecular complexity index is 930.